The molecule has 0 aliphatic carbocycles. The van der Waals surface area contributed by atoms with Gasteiger partial charge in [-0.1, -0.05) is 58.3 Å². The first-order chi connectivity index (χ1) is 11.2. The Bertz CT molecular complexity index is 309. The molecular formula is C19H37NO3. The van der Waals surface area contributed by atoms with Crippen molar-refractivity contribution >= 4 is 6.09 Å². The van der Waals surface area contributed by atoms with Gasteiger partial charge >= 0.3 is 6.09 Å². The molecule has 1 fully saturated rings. The van der Waals surface area contributed by atoms with Crippen LogP contribution in [0.15, 0.2) is 0 Å². The summed E-state index contributed by atoms with van der Waals surface area (Å²) < 4.78 is 5.13. The minimum atomic E-state index is -0.403. The van der Waals surface area contributed by atoms with E-state index in [1.807, 2.05) is 6.92 Å². The SMILES string of the molecule is CCCCCCCCCCC(O)C1CCCCN1C(=O)OCC. The number of likely N-dealkylation sites (tertiary alicyclic amines) is 1. The second-order valence-corrected chi connectivity index (χ2v) is 6.79. The number of carbonyl (C=O) groups excluding carboxylic acids is 1. The van der Waals surface area contributed by atoms with E-state index in [4.69, 9.17) is 4.74 Å². The molecule has 2 unspecified atom stereocenters. The van der Waals surface area contributed by atoms with E-state index in [2.05, 4.69) is 6.92 Å². The highest BCUT2D eigenvalue weighted by atomic mass is 16.6. The third-order valence-corrected chi connectivity index (χ3v) is 4.85. The molecule has 4 nitrogen and oxygen atoms in total. The number of rotatable bonds is 11. The van der Waals surface area contributed by atoms with E-state index in [-0.39, 0.29) is 12.1 Å². The summed E-state index contributed by atoms with van der Waals surface area (Å²) in [6.45, 7) is 5.19. The normalized spacial score (nSPS) is 19.6. The number of carbonyl (C=O) groups is 1. The van der Waals surface area contributed by atoms with Gasteiger partial charge in [-0.3, -0.25) is 0 Å². The number of hydrogen-bond acceptors (Lipinski definition) is 3. The van der Waals surface area contributed by atoms with Gasteiger partial charge < -0.3 is 14.7 Å². The standard InChI is InChI=1S/C19H37NO3/c1-3-5-6-7-8-9-10-11-15-18(21)17-14-12-13-16-20(17)19(22)23-4-2/h17-18,21H,3-16H2,1-2H3. The zero-order valence-corrected chi connectivity index (χ0v) is 15.3. The van der Waals surface area contributed by atoms with Gasteiger partial charge in [-0.25, -0.2) is 4.79 Å². The first kappa shape index (κ1) is 20.3. The van der Waals surface area contributed by atoms with Crippen molar-refractivity contribution < 1.29 is 14.6 Å². The summed E-state index contributed by atoms with van der Waals surface area (Å²) in [6, 6.07) is -0.0487. The van der Waals surface area contributed by atoms with Crippen molar-refractivity contribution in [1.29, 1.82) is 0 Å². The average molecular weight is 328 g/mol. The first-order valence-corrected chi connectivity index (χ1v) is 9.82. The van der Waals surface area contributed by atoms with Crippen LogP contribution in [0.5, 0.6) is 0 Å². The molecule has 1 heterocycles. The summed E-state index contributed by atoms with van der Waals surface area (Å²) in [5.41, 5.74) is 0. The van der Waals surface area contributed by atoms with Gasteiger partial charge in [-0.2, -0.15) is 0 Å². The van der Waals surface area contributed by atoms with Crippen LogP contribution in [0.4, 0.5) is 4.79 Å². The van der Waals surface area contributed by atoms with Crippen LogP contribution in [0.3, 0.4) is 0 Å². The van der Waals surface area contributed by atoms with E-state index in [1.165, 1.54) is 44.9 Å². The molecule has 23 heavy (non-hydrogen) atoms. The predicted octanol–water partition coefficient (Wildman–Crippen LogP) is 4.89. The van der Waals surface area contributed by atoms with Crippen LogP contribution in [-0.4, -0.2) is 41.4 Å². The van der Waals surface area contributed by atoms with E-state index < -0.39 is 6.10 Å². The molecule has 1 aliphatic heterocycles. The van der Waals surface area contributed by atoms with Crippen molar-refractivity contribution in [3.63, 3.8) is 0 Å². The molecule has 1 saturated heterocycles. The molecule has 1 N–H and O–H groups in total. The lowest BCUT2D eigenvalue weighted by Crippen LogP contribution is -2.50. The number of aliphatic hydroxyl groups excluding tert-OH is 1. The summed E-state index contributed by atoms with van der Waals surface area (Å²) in [6.07, 6.45) is 13.3. The summed E-state index contributed by atoms with van der Waals surface area (Å²) >= 11 is 0. The molecule has 0 aromatic rings. The van der Waals surface area contributed by atoms with Crippen molar-refractivity contribution in [2.45, 2.75) is 103 Å². The highest BCUT2D eigenvalue weighted by molar-refractivity contribution is 5.68. The molecule has 1 rings (SSSR count). The maximum Gasteiger partial charge on any atom is 0.410 e. The van der Waals surface area contributed by atoms with Gasteiger partial charge in [-0.05, 0) is 32.6 Å². The number of nitrogens with zero attached hydrogens (tertiary/aromatic N) is 1. The Labute approximate surface area is 142 Å². The molecule has 1 amide bonds. The number of ether oxygens (including phenoxy) is 1. The lowest BCUT2D eigenvalue weighted by Gasteiger charge is -2.37. The molecule has 0 aromatic heterocycles. The Hall–Kier alpha value is -0.770. The van der Waals surface area contributed by atoms with Crippen molar-refractivity contribution in [1.82, 2.24) is 4.90 Å². The number of unbranched alkanes of at least 4 members (excludes halogenated alkanes) is 7. The largest absolute Gasteiger partial charge is 0.450 e. The lowest BCUT2D eigenvalue weighted by molar-refractivity contribution is 0.0138. The van der Waals surface area contributed by atoms with E-state index in [0.717, 1.165) is 38.6 Å². The molecule has 0 aromatic carbocycles. The average Bonchev–Trinajstić information content (AvgIpc) is 2.57. The summed E-state index contributed by atoms with van der Waals surface area (Å²) in [5, 5.41) is 10.5. The van der Waals surface area contributed by atoms with Crippen LogP contribution in [0.25, 0.3) is 0 Å². The zero-order chi connectivity index (χ0) is 16.9. The molecule has 136 valence electrons. The van der Waals surface area contributed by atoms with Gasteiger partial charge in [0.2, 0.25) is 0 Å². The molecule has 0 radical (unpaired) electrons. The van der Waals surface area contributed by atoms with Crippen molar-refractivity contribution in [3.8, 4) is 0 Å². The van der Waals surface area contributed by atoms with Crippen LogP contribution >= 0.6 is 0 Å². The van der Waals surface area contributed by atoms with Crippen LogP contribution in [-0.2, 0) is 4.74 Å². The molecule has 0 saturated carbocycles. The van der Waals surface area contributed by atoms with Gasteiger partial charge in [0.1, 0.15) is 0 Å². The fourth-order valence-corrected chi connectivity index (χ4v) is 3.47. The number of piperidine rings is 1. The Morgan fingerprint density at radius 3 is 2.39 bits per heavy atom. The summed E-state index contributed by atoms with van der Waals surface area (Å²) in [5.74, 6) is 0. The topological polar surface area (TPSA) is 49.8 Å². The Morgan fingerprint density at radius 1 is 1.09 bits per heavy atom. The van der Waals surface area contributed by atoms with E-state index >= 15 is 0 Å². The van der Waals surface area contributed by atoms with Crippen molar-refractivity contribution in [2.75, 3.05) is 13.2 Å². The molecule has 1 aliphatic rings. The fourth-order valence-electron chi connectivity index (χ4n) is 3.47. The second kappa shape index (κ2) is 12.6. The third-order valence-electron chi connectivity index (χ3n) is 4.85. The van der Waals surface area contributed by atoms with Crippen LogP contribution in [0.2, 0.25) is 0 Å². The van der Waals surface area contributed by atoms with Gasteiger partial charge in [0.15, 0.2) is 0 Å². The van der Waals surface area contributed by atoms with E-state index in [1.54, 1.807) is 4.90 Å². The van der Waals surface area contributed by atoms with Crippen LogP contribution in [0, 0.1) is 0 Å². The molecule has 0 bridgehead atoms. The van der Waals surface area contributed by atoms with Gasteiger partial charge in [0, 0.05) is 6.54 Å². The van der Waals surface area contributed by atoms with Crippen LogP contribution < -0.4 is 0 Å². The van der Waals surface area contributed by atoms with E-state index in [0.29, 0.717) is 6.61 Å². The Balaban J connectivity index is 2.20. The Morgan fingerprint density at radius 2 is 1.74 bits per heavy atom. The first-order valence-electron chi connectivity index (χ1n) is 9.82. The molecular weight excluding hydrogens is 290 g/mol. The monoisotopic (exact) mass is 327 g/mol. The highest BCUT2D eigenvalue weighted by Crippen LogP contribution is 2.23. The minimum absolute atomic E-state index is 0.0487. The quantitative estimate of drug-likeness (QED) is 0.550. The maximum atomic E-state index is 12.0. The molecule has 4 heteroatoms. The van der Waals surface area contributed by atoms with Gasteiger partial charge in [0.25, 0.3) is 0 Å². The van der Waals surface area contributed by atoms with Gasteiger partial charge in [-0.15, -0.1) is 0 Å². The second-order valence-electron chi connectivity index (χ2n) is 6.79. The summed E-state index contributed by atoms with van der Waals surface area (Å²) in [7, 11) is 0. The van der Waals surface area contributed by atoms with Gasteiger partial charge in [0.05, 0.1) is 18.8 Å². The van der Waals surface area contributed by atoms with Crippen molar-refractivity contribution in [3.05, 3.63) is 0 Å². The molecule has 0 spiro atoms. The van der Waals surface area contributed by atoms with Crippen molar-refractivity contribution in [2.24, 2.45) is 0 Å². The lowest BCUT2D eigenvalue weighted by atomic mass is 9.94. The fraction of sp³-hybridized carbons (Fsp3) is 0.947. The number of amides is 1. The molecule has 2 atom stereocenters. The minimum Gasteiger partial charge on any atom is -0.450 e. The summed E-state index contributed by atoms with van der Waals surface area (Å²) in [4.78, 5) is 13.8. The number of hydrogen-bond donors (Lipinski definition) is 1. The maximum absolute atomic E-state index is 12.0. The smallest absolute Gasteiger partial charge is 0.410 e. The highest BCUT2D eigenvalue weighted by Gasteiger charge is 2.32. The third kappa shape index (κ3) is 8.05. The van der Waals surface area contributed by atoms with Crippen LogP contribution in [0.1, 0.15) is 90.9 Å². The number of aliphatic hydroxyl groups is 1. The predicted molar refractivity (Wildman–Crippen MR) is 94.6 cm³/mol. The van der Waals surface area contributed by atoms with E-state index in [9.17, 15) is 9.90 Å². The zero-order valence-electron chi connectivity index (χ0n) is 15.3. The Kier molecular flexibility index (Phi) is 11.1.